The SMILES string of the molecule is Cc1nc(OC2CCC2C)cnc1C(=N)NCc1ccc(Cl)cc1. The van der Waals surface area contributed by atoms with Gasteiger partial charge in [-0.25, -0.2) is 9.97 Å². The van der Waals surface area contributed by atoms with Crippen LogP contribution in [0.3, 0.4) is 0 Å². The average molecular weight is 345 g/mol. The van der Waals surface area contributed by atoms with E-state index >= 15 is 0 Å². The summed E-state index contributed by atoms with van der Waals surface area (Å²) < 4.78 is 5.84. The maximum absolute atomic E-state index is 8.17. The third-order valence-electron chi connectivity index (χ3n) is 4.36. The Kier molecular flexibility index (Phi) is 5.00. The van der Waals surface area contributed by atoms with Crippen molar-refractivity contribution in [2.24, 2.45) is 5.92 Å². The molecular formula is C18H21ClN4O. The van der Waals surface area contributed by atoms with Gasteiger partial charge >= 0.3 is 0 Å². The molecule has 1 heterocycles. The number of amidine groups is 1. The van der Waals surface area contributed by atoms with E-state index in [4.69, 9.17) is 21.7 Å². The van der Waals surface area contributed by atoms with Gasteiger partial charge in [0.2, 0.25) is 5.88 Å². The first-order valence-corrected chi connectivity index (χ1v) is 8.48. The summed E-state index contributed by atoms with van der Waals surface area (Å²) in [5.41, 5.74) is 2.28. The Labute approximate surface area is 146 Å². The molecule has 0 amide bonds. The fraction of sp³-hybridized carbons (Fsp3) is 0.389. The summed E-state index contributed by atoms with van der Waals surface area (Å²) in [7, 11) is 0. The topological polar surface area (TPSA) is 70.9 Å². The molecule has 0 radical (unpaired) electrons. The molecule has 5 nitrogen and oxygen atoms in total. The molecule has 6 heteroatoms. The zero-order chi connectivity index (χ0) is 17.1. The highest BCUT2D eigenvalue weighted by atomic mass is 35.5. The summed E-state index contributed by atoms with van der Waals surface area (Å²) in [5.74, 6) is 1.36. The van der Waals surface area contributed by atoms with E-state index in [0.29, 0.717) is 34.8 Å². The third kappa shape index (κ3) is 3.85. The number of aryl methyl sites for hydroxylation is 1. The van der Waals surface area contributed by atoms with Crippen LogP contribution in [0.2, 0.25) is 5.02 Å². The molecular weight excluding hydrogens is 324 g/mol. The summed E-state index contributed by atoms with van der Waals surface area (Å²) in [6.07, 6.45) is 4.12. The molecule has 0 aliphatic heterocycles. The normalized spacial score (nSPS) is 19.5. The van der Waals surface area contributed by atoms with Crippen LogP contribution >= 0.6 is 11.6 Å². The first-order valence-electron chi connectivity index (χ1n) is 8.10. The Morgan fingerprint density at radius 2 is 2.08 bits per heavy atom. The number of halogens is 1. The molecule has 126 valence electrons. The molecule has 2 unspecified atom stereocenters. The van der Waals surface area contributed by atoms with Crippen LogP contribution in [-0.4, -0.2) is 21.9 Å². The number of rotatable bonds is 5. The molecule has 2 aromatic rings. The second kappa shape index (κ2) is 7.18. The van der Waals surface area contributed by atoms with Gasteiger partial charge < -0.3 is 10.1 Å². The van der Waals surface area contributed by atoms with Crippen LogP contribution in [0.5, 0.6) is 5.88 Å². The number of hydrogen-bond donors (Lipinski definition) is 2. The Morgan fingerprint density at radius 1 is 1.33 bits per heavy atom. The molecule has 1 aliphatic rings. The van der Waals surface area contributed by atoms with E-state index in [9.17, 15) is 0 Å². The maximum atomic E-state index is 8.17. The lowest BCUT2D eigenvalue weighted by atomic mass is 9.84. The summed E-state index contributed by atoms with van der Waals surface area (Å²) in [6, 6.07) is 7.53. The van der Waals surface area contributed by atoms with Gasteiger partial charge in [-0.05, 0) is 43.4 Å². The highest BCUT2D eigenvalue weighted by molar-refractivity contribution is 6.30. The van der Waals surface area contributed by atoms with Gasteiger partial charge in [-0.3, -0.25) is 5.41 Å². The van der Waals surface area contributed by atoms with Gasteiger partial charge in [0.25, 0.3) is 0 Å². The average Bonchev–Trinajstić information content (AvgIpc) is 2.57. The van der Waals surface area contributed by atoms with Crippen LogP contribution in [-0.2, 0) is 6.54 Å². The quantitative estimate of drug-likeness (QED) is 0.640. The fourth-order valence-corrected chi connectivity index (χ4v) is 2.73. The molecule has 1 aliphatic carbocycles. The van der Waals surface area contributed by atoms with Crippen LogP contribution in [0.4, 0.5) is 0 Å². The van der Waals surface area contributed by atoms with Crippen LogP contribution in [0.1, 0.15) is 36.7 Å². The molecule has 24 heavy (non-hydrogen) atoms. The van der Waals surface area contributed by atoms with Gasteiger partial charge in [0, 0.05) is 11.6 Å². The molecule has 2 N–H and O–H groups in total. The van der Waals surface area contributed by atoms with Gasteiger partial charge in [0.15, 0.2) is 0 Å². The lowest BCUT2D eigenvalue weighted by molar-refractivity contribution is 0.0530. The number of ether oxygens (including phenoxy) is 1. The molecule has 2 atom stereocenters. The number of benzene rings is 1. The summed E-state index contributed by atoms with van der Waals surface area (Å²) in [4.78, 5) is 8.78. The van der Waals surface area contributed by atoms with Crippen molar-refractivity contribution in [1.82, 2.24) is 15.3 Å². The number of aromatic nitrogens is 2. The molecule has 0 spiro atoms. The van der Waals surface area contributed by atoms with Crippen molar-refractivity contribution < 1.29 is 4.74 Å². The van der Waals surface area contributed by atoms with Crippen LogP contribution < -0.4 is 10.1 Å². The molecule has 1 aromatic heterocycles. The van der Waals surface area contributed by atoms with E-state index < -0.39 is 0 Å². The Balaban J connectivity index is 1.61. The summed E-state index contributed by atoms with van der Waals surface area (Å²) in [5, 5.41) is 11.9. The lowest BCUT2D eigenvalue weighted by Gasteiger charge is -2.33. The van der Waals surface area contributed by atoms with Crippen LogP contribution in [0, 0.1) is 18.3 Å². The first kappa shape index (κ1) is 16.7. The smallest absolute Gasteiger partial charge is 0.232 e. The summed E-state index contributed by atoms with van der Waals surface area (Å²) in [6.45, 7) is 4.56. The summed E-state index contributed by atoms with van der Waals surface area (Å²) >= 11 is 5.87. The molecule has 0 bridgehead atoms. The Bertz CT molecular complexity index is 732. The van der Waals surface area contributed by atoms with E-state index in [-0.39, 0.29) is 11.9 Å². The number of hydrogen-bond acceptors (Lipinski definition) is 4. The molecule has 1 fully saturated rings. The largest absolute Gasteiger partial charge is 0.473 e. The van der Waals surface area contributed by atoms with Gasteiger partial charge in [0.05, 0.1) is 11.9 Å². The van der Waals surface area contributed by atoms with Crippen LogP contribution in [0.25, 0.3) is 0 Å². The van der Waals surface area contributed by atoms with E-state index in [0.717, 1.165) is 12.0 Å². The van der Waals surface area contributed by atoms with Crippen molar-refractivity contribution in [2.75, 3.05) is 0 Å². The van der Waals surface area contributed by atoms with Crippen molar-refractivity contribution in [3.05, 3.63) is 52.4 Å². The van der Waals surface area contributed by atoms with E-state index in [1.165, 1.54) is 6.42 Å². The van der Waals surface area contributed by atoms with Crippen molar-refractivity contribution in [1.29, 1.82) is 5.41 Å². The van der Waals surface area contributed by atoms with E-state index in [2.05, 4.69) is 22.2 Å². The Hall–Kier alpha value is -2.14. The molecule has 1 saturated carbocycles. The van der Waals surface area contributed by atoms with Crippen molar-refractivity contribution in [3.63, 3.8) is 0 Å². The lowest BCUT2D eigenvalue weighted by Crippen LogP contribution is -2.34. The molecule has 1 aromatic carbocycles. The number of nitrogens with zero attached hydrogens (tertiary/aromatic N) is 2. The van der Waals surface area contributed by atoms with Gasteiger partial charge in [-0.1, -0.05) is 30.7 Å². The van der Waals surface area contributed by atoms with Crippen molar-refractivity contribution in [2.45, 2.75) is 39.3 Å². The van der Waals surface area contributed by atoms with E-state index in [1.807, 2.05) is 31.2 Å². The third-order valence-corrected chi connectivity index (χ3v) is 4.61. The highest BCUT2D eigenvalue weighted by Crippen LogP contribution is 2.30. The second-order valence-electron chi connectivity index (χ2n) is 6.21. The minimum atomic E-state index is 0.243. The minimum Gasteiger partial charge on any atom is -0.473 e. The highest BCUT2D eigenvalue weighted by Gasteiger charge is 2.29. The van der Waals surface area contributed by atoms with Crippen LogP contribution in [0.15, 0.2) is 30.5 Å². The zero-order valence-corrected chi connectivity index (χ0v) is 14.6. The maximum Gasteiger partial charge on any atom is 0.232 e. The second-order valence-corrected chi connectivity index (χ2v) is 6.64. The fourth-order valence-electron chi connectivity index (χ4n) is 2.61. The predicted molar refractivity (Wildman–Crippen MR) is 94.7 cm³/mol. The van der Waals surface area contributed by atoms with E-state index in [1.54, 1.807) is 6.20 Å². The first-order chi connectivity index (χ1) is 11.5. The van der Waals surface area contributed by atoms with Crippen molar-refractivity contribution in [3.8, 4) is 5.88 Å². The van der Waals surface area contributed by atoms with Crippen molar-refractivity contribution >= 4 is 17.4 Å². The van der Waals surface area contributed by atoms with Gasteiger partial charge in [-0.15, -0.1) is 0 Å². The standard InChI is InChI=1S/C18H21ClN4O/c1-11-3-8-15(11)24-16-10-21-17(12(2)23-16)18(20)22-9-13-4-6-14(19)7-5-13/h4-7,10-11,15H,3,8-9H2,1-2H3,(H2,20,22). The molecule has 0 saturated heterocycles. The van der Waals surface area contributed by atoms with Gasteiger partial charge in [0.1, 0.15) is 17.6 Å². The minimum absolute atomic E-state index is 0.243. The van der Waals surface area contributed by atoms with Gasteiger partial charge in [-0.2, -0.15) is 0 Å². The predicted octanol–water partition coefficient (Wildman–Crippen LogP) is 3.73. The zero-order valence-electron chi connectivity index (χ0n) is 13.8. The monoisotopic (exact) mass is 344 g/mol. The number of nitrogens with one attached hydrogen (secondary N) is 2. The Morgan fingerprint density at radius 3 is 2.67 bits per heavy atom. The molecule has 3 rings (SSSR count).